The Kier molecular flexibility index (Phi) is 4.50. The maximum atomic E-state index is 10.7. The minimum atomic E-state index is -0.560. The molecule has 2 aliphatic rings. The van der Waals surface area contributed by atoms with E-state index in [9.17, 15) is 4.79 Å². The van der Waals surface area contributed by atoms with E-state index >= 15 is 0 Å². The van der Waals surface area contributed by atoms with Crippen LogP contribution in [0.15, 0.2) is 30.3 Å². The molecule has 4 atom stereocenters. The van der Waals surface area contributed by atoms with Gasteiger partial charge in [-0.25, -0.2) is 4.79 Å². The quantitative estimate of drug-likeness (QED) is 0.628. The van der Waals surface area contributed by atoms with Crippen molar-refractivity contribution in [3.63, 3.8) is 0 Å². The SMILES string of the molecule is CC(=O)OOC1CCC2OC(c3ccccc3)OCC2O1. The van der Waals surface area contributed by atoms with E-state index < -0.39 is 12.3 Å². The number of carbonyl (C=O) groups excluding carboxylic acids is 1. The summed E-state index contributed by atoms with van der Waals surface area (Å²) in [5.41, 5.74) is 0.995. The van der Waals surface area contributed by atoms with Gasteiger partial charge in [-0.15, -0.1) is 0 Å². The summed E-state index contributed by atoms with van der Waals surface area (Å²) < 4.78 is 17.3. The molecule has 6 heteroatoms. The van der Waals surface area contributed by atoms with Crippen LogP contribution in [0.2, 0.25) is 0 Å². The topological polar surface area (TPSA) is 63.2 Å². The minimum Gasteiger partial charge on any atom is -0.346 e. The molecule has 2 heterocycles. The molecule has 0 amide bonds. The van der Waals surface area contributed by atoms with Gasteiger partial charge >= 0.3 is 5.97 Å². The van der Waals surface area contributed by atoms with E-state index in [0.29, 0.717) is 13.0 Å². The first-order valence-corrected chi connectivity index (χ1v) is 7.04. The van der Waals surface area contributed by atoms with E-state index in [2.05, 4.69) is 4.89 Å². The molecule has 0 aromatic heterocycles. The van der Waals surface area contributed by atoms with Crippen molar-refractivity contribution in [2.45, 2.75) is 44.6 Å². The molecule has 1 aromatic carbocycles. The average Bonchev–Trinajstić information content (AvgIpc) is 2.53. The lowest BCUT2D eigenvalue weighted by atomic mass is 10.0. The third-order valence-electron chi connectivity index (χ3n) is 3.48. The molecular formula is C15H18O6. The molecule has 0 aliphatic carbocycles. The fourth-order valence-electron chi connectivity index (χ4n) is 2.50. The fourth-order valence-corrected chi connectivity index (χ4v) is 2.50. The molecule has 2 aliphatic heterocycles. The van der Waals surface area contributed by atoms with Gasteiger partial charge in [0.25, 0.3) is 0 Å². The lowest BCUT2D eigenvalue weighted by molar-refractivity contribution is -0.392. The molecule has 3 rings (SSSR count). The Morgan fingerprint density at radius 1 is 1.14 bits per heavy atom. The molecule has 0 spiro atoms. The molecule has 0 N–H and O–H groups in total. The number of rotatable bonds is 3. The molecule has 1 aromatic rings. The number of ether oxygens (including phenoxy) is 3. The van der Waals surface area contributed by atoms with Gasteiger partial charge in [0.1, 0.15) is 6.10 Å². The Balaban J connectivity index is 1.54. The highest BCUT2D eigenvalue weighted by molar-refractivity contribution is 5.65. The molecule has 21 heavy (non-hydrogen) atoms. The average molecular weight is 294 g/mol. The Morgan fingerprint density at radius 3 is 2.71 bits per heavy atom. The van der Waals surface area contributed by atoms with Crippen LogP contribution in [0.25, 0.3) is 0 Å². The minimum absolute atomic E-state index is 0.0406. The van der Waals surface area contributed by atoms with Crippen molar-refractivity contribution < 1.29 is 28.8 Å². The van der Waals surface area contributed by atoms with E-state index in [1.807, 2.05) is 30.3 Å². The Morgan fingerprint density at radius 2 is 1.95 bits per heavy atom. The summed E-state index contributed by atoms with van der Waals surface area (Å²) >= 11 is 0. The molecular weight excluding hydrogens is 276 g/mol. The van der Waals surface area contributed by atoms with E-state index in [4.69, 9.17) is 19.1 Å². The fraction of sp³-hybridized carbons (Fsp3) is 0.533. The standard InChI is InChI=1S/C15H18O6/c1-10(16)20-21-14-8-7-12-13(18-14)9-17-15(19-12)11-5-3-2-4-6-11/h2-6,12-15H,7-9H2,1H3. The zero-order valence-electron chi connectivity index (χ0n) is 11.8. The van der Waals surface area contributed by atoms with Gasteiger partial charge in [-0.05, 0) is 6.42 Å². The van der Waals surface area contributed by atoms with Crippen molar-refractivity contribution in [1.29, 1.82) is 0 Å². The first-order valence-electron chi connectivity index (χ1n) is 7.04. The number of benzene rings is 1. The zero-order chi connectivity index (χ0) is 14.7. The molecule has 4 unspecified atom stereocenters. The lowest BCUT2D eigenvalue weighted by Gasteiger charge is -2.41. The van der Waals surface area contributed by atoms with Gasteiger partial charge in [-0.2, -0.15) is 4.89 Å². The number of fused-ring (bicyclic) bond motifs is 1. The van der Waals surface area contributed by atoms with Crippen molar-refractivity contribution >= 4 is 5.97 Å². The lowest BCUT2D eigenvalue weighted by Crippen LogP contribution is -2.48. The number of hydrogen-bond acceptors (Lipinski definition) is 6. The monoisotopic (exact) mass is 294 g/mol. The van der Waals surface area contributed by atoms with Crippen LogP contribution in [-0.2, 0) is 28.8 Å². The largest absolute Gasteiger partial charge is 0.346 e. The predicted octanol–water partition coefficient (Wildman–Crippen LogP) is 2.10. The maximum absolute atomic E-state index is 10.7. The van der Waals surface area contributed by atoms with Gasteiger partial charge in [0, 0.05) is 18.9 Å². The third-order valence-corrected chi connectivity index (χ3v) is 3.48. The number of hydrogen-bond donors (Lipinski definition) is 0. The highest BCUT2D eigenvalue weighted by atomic mass is 17.2. The summed E-state index contributed by atoms with van der Waals surface area (Å²) in [4.78, 5) is 20.1. The molecule has 0 radical (unpaired) electrons. The van der Waals surface area contributed by atoms with Gasteiger partial charge in [-0.3, -0.25) is 4.89 Å². The smallest absolute Gasteiger partial charge is 0.339 e. The van der Waals surface area contributed by atoms with E-state index in [1.165, 1.54) is 6.92 Å². The van der Waals surface area contributed by atoms with Gasteiger partial charge in [0.2, 0.25) is 6.29 Å². The summed E-state index contributed by atoms with van der Waals surface area (Å²) in [6.45, 7) is 1.70. The molecule has 0 saturated carbocycles. The second kappa shape index (κ2) is 6.53. The van der Waals surface area contributed by atoms with Crippen LogP contribution in [0, 0.1) is 0 Å². The van der Waals surface area contributed by atoms with Crippen molar-refractivity contribution in [2.24, 2.45) is 0 Å². The Bertz CT molecular complexity index is 476. The Hall–Kier alpha value is -1.47. The van der Waals surface area contributed by atoms with Crippen LogP contribution in [0.5, 0.6) is 0 Å². The zero-order valence-corrected chi connectivity index (χ0v) is 11.8. The van der Waals surface area contributed by atoms with Gasteiger partial charge in [-0.1, -0.05) is 30.3 Å². The first kappa shape index (κ1) is 14.5. The van der Waals surface area contributed by atoms with Crippen LogP contribution in [0.4, 0.5) is 0 Å². The van der Waals surface area contributed by atoms with Gasteiger partial charge in [0.15, 0.2) is 6.29 Å². The van der Waals surface area contributed by atoms with Gasteiger partial charge < -0.3 is 14.2 Å². The predicted molar refractivity (Wildman–Crippen MR) is 70.8 cm³/mol. The van der Waals surface area contributed by atoms with Crippen molar-refractivity contribution in [1.82, 2.24) is 0 Å². The summed E-state index contributed by atoms with van der Waals surface area (Å²) in [6, 6.07) is 9.81. The second-order valence-corrected chi connectivity index (χ2v) is 5.10. The van der Waals surface area contributed by atoms with Crippen LogP contribution in [-0.4, -0.2) is 31.1 Å². The van der Waals surface area contributed by atoms with E-state index in [1.54, 1.807) is 0 Å². The third kappa shape index (κ3) is 3.59. The van der Waals surface area contributed by atoms with Crippen LogP contribution < -0.4 is 0 Å². The van der Waals surface area contributed by atoms with Crippen molar-refractivity contribution in [2.75, 3.05) is 6.61 Å². The van der Waals surface area contributed by atoms with E-state index in [0.717, 1.165) is 12.0 Å². The van der Waals surface area contributed by atoms with Crippen LogP contribution in [0.1, 0.15) is 31.6 Å². The first-order chi connectivity index (χ1) is 10.2. The second-order valence-electron chi connectivity index (χ2n) is 5.10. The summed E-state index contributed by atoms with van der Waals surface area (Å²) in [5.74, 6) is -0.499. The highest BCUT2D eigenvalue weighted by Crippen LogP contribution is 2.33. The summed E-state index contributed by atoms with van der Waals surface area (Å²) in [6.07, 6.45) is 0.206. The van der Waals surface area contributed by atoms with E-state index in [-0.39, 0.29) is 18.5 Å². The van der Waals surface area contributed by atoms with Gasteiger partial charge in [0.05, 0.1) is 12.7 Å². The van der Waals surface area contributed by atoms with Crippen LogP contribution >= 0.6 is 0 Å². The summed E-state index contributed by atoms with van der Waals surface area (Å²) in [7, 11) is 0. The van der Waals surface area contributed by atoms with Crippen LogP contribution in [0.3, 0.4) is 0 Å². The highest BCUT2D eigenvalue weighted by Gasteiger charge is 2.39. The molecule has 2 saturated heterocycles. The summed E-state index contributed by atoms with van der Waals surface area (Å²) in [5, 5.41) is 0. The maximum Gasteiger partial charge on any atom is 0.339 e. The molecule has 2 fully saturated rings. The normalized spacial score (nSPS) is 32.2. The molecule has 114 valence electrons. The Labute approximate surface area is 122 Å². The van der Waals surface area contributed by atoms with Crippen molar-refractivity contribution in [3.8, 4) is 0 Å². The van der Waals surface area contributed by atoms with Crippen molar-refractivity contribution in [3.05, 3.63) is 35.9 Å². The molecule has 0 bridgehead atoms. The number of carbonyl (C=O) groups is 1. The molecule has 6 nitrogen and oxygen atoms in total.